The Morgan fingerprint density at radius 3 is 2.63 bits per heavy atom. The highest BCUT2D eigenvalue weighted by molar-refractivity contribution is 5.39. The topological polar surface area (TPSA) is 29.5 Å². The van der Waals surface area contributed by atoms with Crippen molar-refractivity contribution in [3.63, 3.8) is 0 Å². The van der Waals surface area contributed by atoms with Gasteiger partial charge in [-0.2, -0.15) is 0 Å². The van der Waals surface area contributed by atoms with Gasteiger partial charge in [-0.05, 0) is 18.1 Å². The van der Waals surface area contributed by atoms with Crippen LogP contribution in [0.15, 0.2) is 18.2 Å². The Kier molecular flexibility index (Phi) is 6.99. The first-order chi connectivity index (χ1) is 9.21. The Hall–Kier alpha value is -1.53. The maximum Gasteiger partial charge on any atom is 0.142 e. The summed E-state index contributed by atoms with van der Waals surface area (Å²) in [6.07, 6.45) is 2.47. The Labute approximate surface area is 114 Å². The second-order valence-corrected chi connectivity index (χ2v) is 4.41. The van der Waals surface area contributed by atoms with Crippen molar-refractivity contribution < 1.29 is 14.2 Å². The van der Waals surface area contributed by atoms with E-state index in [1.807, 2.05) is 0 Å². The molecular weight excluding hydrogens is 243 g/mol. The number of hydrogen-bond acceptors (Lipinski definition) is 2. The van der Waals surface area contributed by atoms with E-state index in [1.165, 1.54) is 6.07 Å². The first-order valence-corrected chi connectivity index (χ1v) is 6.73. The van der Waals surface area contributed by atoms with E-state index >= 15 is 0 Å². The zero-order valence-electron chi connectivity index (χ0n) is 11.6. The van der Waals surface area contributed by atoms with Gasteiger partial charge in [0.1, 0.15) is 11.6 Å². The molecule has 0 amide bonds. The van der Waals surface area contributed by atoms with Gasteiger partial charge in [0.25, 0.3) is 0 Å². The Bertz CT molecular complexity index is 442. The van der Waals surface area contributed by atoms with Gasteiger partial charge in [0.15, 0.2) is 0 Å². The summed E-state index contributed by atoms with van der Waals surface area (Å²) >= 11 is 0. The monoisotopic (exact) mass is 264 g/mol. The highest BCUT2D eigenvalue weighted by atomic mass is 19.1. The second kappa shape index (κ2) is 8.55. The molecule has 1 aromatic carbocycles. The highest BCUT2D eigenvalue weighted by Gasteiger charge is 2.06. The van der Waals surface area contributed by atoms with Crippen molar-refractivity contribution >= 4 is 0 Å². The summed E-state index contributed by atoms with van der Waals surface area (Å²) in [5.74, 6) is 6.05. The van der Waals surface area contributed by atoms with E-state index in [4.69, 9.17) is 9.84 Å². The molecule has 2 nitrogen and oxygen atoms in total. The first kappa shape index (κ1) is 15.5. The maximum absolute atomic E-state index is 13.7. The molecule has 3 heteroatoms. The van der Waals surface area contributed by atoms with Gasteiger partial charge in [0.2, 0.25) is 0 Å². The third-order valence-electron chi connectivity index (χ3n) is 3.04. The molecule has 1 rings (SSSR count). The van der Waals surface area contributed by atoms with Gasteiger partial charge in [-0.1, -0.05) is 38.5 Å². The van der Waals surface area contributed by atoms with Gasteiger partial charge in [-0.15, -0.1) is 0 Å². The van der Waals surface area contributed by atoms with Crippen molar-refractivity contribution in [3.05, 3.63) is 29.6 Å². The molecule has 19 heavy (non-hydrogen) atoms. The minimum Gasteiger partial charge on any atom is -0.493 e. The van der Waals surface area contributed by atoms with Crippen molar-refractivity contribution in [3.8, 4) is 17.6 Å². The molecule has 0 aliphatic carbocycles. The van der Waals surface area contributed by atoms with E-state index in [2.05, 4.69) is 25.7 Å². The molecule has 0 aromatic heterocycles. The number of halogens is 1. The first-order valence-electron chi connectivity index (χ1n) is 6.73. The number of aliphatic hydroxyl groups excluding tert-OH is 1. The normalized spacial score (nSPS) is 10.2. The van der Waals surface area contributed by atoms with Crippen LogP contribution >= 0.6 is 0 Å². The lowest BCUT2D eigenvalue weighted by Gasteiger charge is -2.13. The predicted molar refractivity (Wildman–Crippen MR) is 74.5 cm³/mol. The third kappa shape index (κ3) is 5.32. The molecule has 104 valence electrons. The van der Waals surface area contributed by atoms with Crippen LogP contribution in [0, 0.1) is 23.6 Å². The molecule has 0 saturated carbocycles. The van der Waals surface area contributed by atoms with Crippen LogP contribution < -0.4 is 4.74 Å². The molecule has 0 aliphatic rings. The molecule has 0 unspecified atom stereocenters. The average Bonchev–Trinajstić information content (AvgIpc) is 2.42. The zero-order chi connectivity index (χ0) is 14.1. The quantitative estimate of drug-likeness (QED) is 0.798. The smallest absolute Gasteiger partial charge is 0.142 e. The van der Waals surface area contributed by atoms with Gasteiger partial charge in [-0.3, -0.25) is 0 Å². The number of ether oxygens (including phenoxy) is 1. The van der Waals surface area contributed by atoms with Crippen LogP contribution in [0.25, 0.3) is 0 Å². The standard InChI is InChI=1S/C16H21FO2/c1-3-13(4-2)12-19-15-9-8-14(16(17)11-15)7-5-6-10-18/h8-9,11,13,18H,3-4,6,10,12H2,1-2H3. The van der Waals surface area contributed by atoms with Crippen molar-refractivity contribution in [2.24, 2.45) is 5.92 Å². The van der Waals surface area contributed by atoms with E-state index in [-0.39, 0.29) is 12.4 Å². The van der Waals surface area contributed by atoms with Crippen molar-refractivity contribution in [1.29, 1.82) is 0 Å². The molecule has 0 fully saturated rings. The lowest BCUT2D eigenvalue weighted by Crippen LogP contribution is -2.10. The summed E-state index contributed by atoms with van der Waals surface area (Å²) in [5.41, 5.74) is 0.336. The summed E-state index contributed by atoms with van der Waals surface area (Å²) < 4.78 is 19.3. The van der Waals surface area contributed by atoms with Crippen LogP contribution in [0.5, 0.6) is 5.75 Å². The molecular formula is C16H21FO2. The van der Waals surface area contributed by atoms with E-state index in [9.17, 15) is 4.39 Å². The zero-order valence-corrected chi connectivity index (χ0v) is 11.6. The minimum atomic E-state index is -0.382. The number of rotatable bonds is 6. The lowest BCUT2D eigenvalue weighted by atomic mass is 10.1. The van der Waals surface area contributed by atoms with Crippen LogP contribution in [0.3, 0.4) is 0 Å². The van der Waals surface area contributed by atoms with E-state index in [0.717, 1.165) is 12.8 Å². The van der Waals surface area contributed by atoms with Crippen molar-refractivity contribution in [2.45, 2.75) is 33.1 Å². The van der Waals surface area contributed by atoms with Gasteiger partial charge >= 0.3 is 0 Å². The van der Waals surface area contributed by atoms with Gasteiger partial charge < -0.3 is 9.84 Å². The summed E-state index contributed by atoms with van der Waals surface area (Å²) in [4.78, 5) is 0. The predicted octanol–water partition coefficient (Wildman–Crippen LogP) is 3.37. The molecule has 1 aromatic rings. The van der Waals surface area contributed by atoms with E-state index < -0.39 is 0 Å². The van der Waals surface area contributed by atoms with Crippen LogP contribution in [0.4, 0.5) is 4.39 Å². The fourth-order valence-electron chi connectivity index (χ4n) is 1.64. The third-order valence-corrected chi connectivity index (χ3v) is 3.04. The minimum absolute atomic E-state index is 0.00869. The van der Waals surface area contributed by atoms with Crippen LogP contribution in [0.2, 0.25) is 0 Å². The summed E-state index contributed by atoms with van der Waals surface area (Å²) in [5, 5.41) is 8.61. The maximum atomic E-state index is 13.7. The van der Waals surface area contributed by atoms with Crippen molar-refractivity contribution in [2.75, 3.05) is 13.2 Å². The molecule has 0 saturated heterocycles. The molecule has 0 heterocycles. The largest absolute Gasteiger partial charge is 0.493 e. The fourth-order valence-corrected chi connectivity index (χ4v) is 1.64. The Balaban J connectivity index is 2.64. The van der Waals surface area contributed by atoms with Crippen molar-refractivity contribution in [1.82, 2.24) is 0 Å². The summed E-state index contributed by atoms with van der Waals surface area (Å²) in [7, 11) is 0. The second-order valence-electron chi connectivity index (χ2n) is 4.41. The number of aliphatic hydroxyl groups is 1. The number of benzene rings is 1. The van der Waals surface area contributed by atoms with Crippen LogP contribution in [0.1, 0.15) is 38.7 Å². The molecule has 0 spiro atoms. The lowest BCUT2D eigenvalue weighted by molar-refractivity contribution is 0.240. The van der Waals surface area contributed by atoms with Crippen LogP contribution in [-0.4, -0.2) is 18.3 Å². The van der Waals surface area contributed by atoms with Crippen LogP contribution in [-0.2, 0) is 0 Å². The van der Waals surface area contributed by atoms with Gasteiger partial charge in [0, 0.05) is 12.5 Å². The molecule has 0 atom stereocenters. The van der Waals surface area contributed by atoms with Gasteiger partial charge in [0.05, 0.1) is 18.8 Å². The molecule has 0 aliphatic heterocycles. The molecule has 0 bridgehead atoms. The summed E-state index contributed by atoms with van der Waals surface area (Å²) in [6.45, 7) is 4.85. The Morgan fingerprint density at radius 2 is 2.05 bits per heavy atom. The SMILES string of the molecule is CCC(CC)COc1ccc(C#CCCO)c(F)c1. The Morgan fingerprint density at radius 1 is 1.32 bits per heavy atom. The molecule has 0 radical (unpaired) electrons. The summed E-state index contributed by atoms with van der Waals surface area (Å²) in [6, 6.07) is 4.71. The van der Waals surface area contributed by atoms with Gasteiger partial charge in [-0.25, -0.2) is 4.39 Å². The van der Waals surface area contributed by atoms with E-state index in [0.29, 0.717) is 30.3 Å². The highest BCUT2D eigenvalue weighted by Crippen LogP contribution is 2.18. The fraction of sp³-hybridized carbons (Fsp3) is 0.500. The van der Waals surface area contributed by atoms with E-state index in [1.54, 1.807) is 12.1 Å². The molecule has 1 N–H and O–H groups in total. The number of hydrogen-bond donors (Lipinski definition) is 1. The average molecular weight is 264 g/mol.